The van der Waals surface area contributed by atoms with Crippen molar-refractivity contribution in [1.82, 2.24) is 0 Å². The zero-order chi connectivity index (χ0) is 10.3. The normalized spacial score (nSPS) is 14.3. The summed E-state index contributed by atoms with van der Waals surface area (Å²) in [6.07, 6.45) is 0.921. The van der Waals surface area contributed by atoms with Gasteiger partial charge in [-0.15, -0.1) is 0 Å². The molecule has 1 aromatic carbocycles. The summed E-state index contributed by atoms with van der Waals surface area (Å²) in [5, 5.41) is 0. The predicted octanol–water partition coefficient (Wildman–Crippen LogP) is 1.74. The van der Waals surface area contributed by atoms with Crippen LogP contribution < -0.4 is 10.6 Å². The molecule has 1 aliphatic rings. The summed E-state index contributed by atoms with van der Waals surface area (Å²) in [4.78, 5) is 12.8. The van der Waals surface area contributed by atoms with Gasteiger partial charge in [-0.25, -0.2) is 4.79 Å². The van der Waals surface area contributed by atoms with E-state index in [1.807, 2.05) is 13.0 Å². The lowest BCUT2D eigenvalue weighted by Gasteiger charge is -2.15. The minimum atomic E-state index is -0.353. The first-order chi connectivity index (χ1) is 6.59. The Morgan fingerprint density at radius 1 is 1.43 bits per heavy atom. The number of primary amides is 1. The molecule has 0 saturated carbocycles. The zero-order valence-electron chi connectivity index (χ0n) is 8.50. The minimum absolute atomic E-state index is 0.353. The lowest BCUT2D eigenvalue weighted by atomic mass is 10.0. The number of nitrogens with two attached hydrogens (primary N) is 1. The number of hydrogen-bond acceptors (Lipinski definition) is 1. The number of urea groups is 1. The van der Waals surface area contributed by atoms with Gasteiger partial charge in [0.05, 0.1) is 0 Å². The molecule has 0 fully saturated rings. The van der Waals surface area contributed by atoms with Crippen LogP contribution in [0.25, 0.3) is 0 Å². The van der Waals surface area contributed by atoms with E-state index in [1.54, 1.807) is 4.90 Å². The molecule has 0 aliphatic carbocycles. The third-order valence-electron chi connectivity index (χ3n) is 2.74. The zero-order valence-corrected chi connectivity index (χ0v) is 8.50. The maximum Gasteiger partial charge on any atom is 0.319 e. The molecule has 0 spiro atoms. The molecular formula is C11H14N2O. The van der Waals surface area contributed by atoms with E-state index >= 15 is 0 Å². The van der Waals surface area contributed by atoms with E-state index in [2.05, 4.69) is 13.0 Å². The summed E-state index contributed by atoms with van der Waals surface area (Å²) in [7, 11) is 0. The molecule has 1 heterocycles. The number of fused-ring (bicyclic) bond motifs is 1. The highest BCUT2D eigenvalue weighted by Gasteiger charge is 2.24. The van der Waals surface area contributed by atoms with Crippen LogP contribution in [0.4, 0.5) is 10.5 Å². The first-order valence-electron chi connectivity index (χ1n) is 4.76. The van der Waals surface area contributed by atoms with Crippen molar-refractivity contribution in [2.45, 2.75) is 20.3 Å². The van der Waals surface area contributed by atoms with Gasteiger partial charge in [0.25, 0.3) is 0 Å². The second-order valence-electron chi connectivity index (χ2n) is 3.82. The number of aryl methyl sites for hydroxylation is 2. The molecule has 0 radical (unpaired) electrons. The van der Waals surface area contributed by atoms with Gasteiger partial charge in [0, 0.05) is 12.2 Å². The molecular weight excluding hydrogens is 176 g/mol. The molecule has 3 nitrogen and oxygen atoms in total. The van der Waals surface area contributed by atoms with Crippen LogP contribution in [-0.4, -0.2) is 12.6 Å². The van der Waals surface area contributed by atoms with Crippen molar-refractivity contribution in [1.29, 1.82) is 0 Å². The van der Waals surface area contributed by atoms with Gasteiger partial charge >= 0.3 is 6.03 Å². The lowest BCUT2D eigenvalue weighted by molar-refractivity contribution is 0.254. The summed E-state index contributed by atoms with van der Waals surface area (Å²) < 4.78 is 0. The van der Waals surface area contributed by atoms with Gasteiger partial charge in [-0.1, -0.05) is 6.07 Å². The van der Waals surface area contributed by atoms with Crippen molar-refractivity contribution in [3.05, 3.63) is 28.8 Å². The number of hydrogen-bond donors (Lipinski definition) is 1. The SMILES string of the molecule is Cc1cc(C)c2c(c1)N(C(N)=O)CC2. The Balaban J connectivity index is 2.54. The van der Waals surface area contributed by atoms with Crippen LogP contribution in [0.3, 0.4) is 0 Å². The topological polar surface area (TPSA) is 46.3 Å². The monoisotopic (exact) mass is 190 g/mol. The van der Waals surface area contributed by atoms with Crippen molar-refractivity contribution in [3.63, 3.8) is 0 Å². The average molecular weight is 190 g/mol. The first-order valence-corrected chi connectivity index (χ1v) is 4.76. The number of anilines is 1. The summed E-state index contributed by atoms with van der Waals surface area (Å²) in [5.41, 5.74) is 9.98. The van der Waals surface area contributed by atoms with Crippen molar-refractivity contribution in [2.75, 3.05) is 11.4 Å². The molecule has 0 saturated heterocycles. The van der Waals surface area contributed by atoms with Crippen molar-refractivity contribution in [3.8, 4) is 0 Å². The fourth-order valence-corrected chi connectivity index (χ4v) is 2.11. The van der Waals surface area contributed by atoms with Crippen molar-refractivity contribution < 1.29 is 4.79 Å². The minimum Gasteiger partial charge on any atom is -0.351 e. The Morgan fingerprint density at radius 2 is 2.14 bits per heavy atom. The van der Waals surface area contributed by atoms with Crippen molar-refractivity contribution >= 4 is 11.7 Å². The number of benzene rings is 1. The summed E-state index contributed by atoms with van der Waals surface area (Å²) in [6.45, 7) is 4.83. The number of nitrogens with zero attached hydrogens (tertiary/aromatic N) is 1. The fourth-order valence-electron chi connectivity index (χ4n) is 2.11. The van der Waals surface area contributed by atoms with Gasteiger partial charge in [-0.2, -0.15) is 0 Å². The smallest absolute Gasteiger partial charge is 0.319 e. The largest absolute Gasteiger partial charge is 0.351 e. The van der Waals surface area contributed by atoms with Gasteiger partial charge < -0.3 is 5.73 Å². The predicted molar refractivity (Wildman–Crippen MR) is 56.5 cm³/mol. The standard InChI is InChI=1S/C11H14N2O/c1-7-5-8(2)9-3-4-13(11(12)14)10(9)6-7/h5-6H,3-4H2,1-2H3,(H2,12,14). The number of carbonyl (C=O) groups excluding carboxylic acids is 1. The Labute approximate surface area is 83.5 Å². The van der Waals surface area contributed by atoms with Gasteiger partial charge in [0.1, 0.15) is 0 Å². The molecule has 0 atom stereocenters. The molecule has 2 rings (SSSR count). The van der Waals surface area contributed by atoms with Crippen LogP contribution in [0, 0.1) is 13.8 Å². The molecule has 0 bridgehead atoms. The highest BCUT2D eigenvalue weighted by atomic mass is 16.2. The molecule has 14 heavy (non-hydrogen) atoms. The van der Waals surface area contributed by atoms with Gasteiger partial charge in [0.2, 0.25) is 0 Å². The fraction of sp³-hybridized carbons (Fsp3) is 0.364. The third kappa shape index (κ3) is 1.25. The molecule has 2 amide bonds. The van der Waals surface area contributed by atoms with Gasteiger partial charge in [-0.05, 0) is 43.0 Å². The van der Waals surface area contributed by atoms with Crippen LogP contribution in [0.5, 0.6) is 0 Å². The highest BCUT2D eigenvalue weighted by molar-refractivity contribution is 5.93. The number of carbonyl (C=O) groups is 1. The Bertz CT molecular complexity index is 399. The summed E-state index contributed by atoms with van der Waals surface area (Å²) in [5.74, 6) is 0. The van der Waals surface area contributed by atoms with Gasteiger partial charge in [0.15, 0.2) is 0 Å². The van der Waals surface area contributed by atoms with E-state index in [9.17, 15) is 4.79 Å². The van der Waals surface area contributed by atoms with Crippen molar-refractivity contribution in [2.24, 2.45) is 5.73 Å². The third-order valence-corrected chi connectivity index (χ3v) is 2.74. The molecule has 0 unspecified atom stereocenters. The second kappa shape index (κ2) is 3.01. The molecule has 2 N–H and O–H groups in total. The Kier molecular flexibility index (Phi) is 1.95. The van der Waals surface area contributed by atoms with Crippen LogP contribution in [0.15, 0.2) is 12.1 Å². The summed E-state index contributed by atoms with van der Waals surface area (Å²) in [6, 6.07) is 3.82. The molecule has 1 aliphatic heterocycles. The van der Waals surface area contributed by atoms with Gasteiger partial charge in [-0.3, -0.25) is 4.90 Å². The van der Waals surface area contributed by atoms with E-state index in [0.29, 0.717) is 0 Å². The second-order valence-corrected chi connectivity index (χ2v) is 3.82. The van der Waals surface area contributed by atoms with Crippen LogP contribution in [0.1, 0.15) is 16.7 Å². The molecule has 0 aromatic heterocycles. The van der Waals surface area contributed by atoms with E-state index in [4.69, 9.17) is 5.73 Å². The van der Waals surface area contributed by atoms with Crippen LogP contribution >= 0.6 is 0 Å². The molecule has 1 aromatic rings. The number of rotatable bonds is 0. The van der Waals surface area contributed by atoms with E-state index in [0.717, 1.165) is 18.7 Å². The van der Waals surface area contributed by atoms with E-state index in [-0.39, 0.29) is 6.03 Å². The first kappa shape index (κ1) is 9.06. The maximum absolute atomic E-state index is 11.1. The van der Waals surface area contributed by atoms with Crippen LogP contribution in [0.2, 0.25) is 0 Å². The average Bonchev–Trinajstić information content (AvgIpc) is 2.47. The van der Waals surface area contributed by atoms with Crippen LogP contribution in [-0.2, 0) is 6.42 Å². The molecule has 3 heteroatoms. The Hall–Kier alpha value is -1.51. The summed E-state index contributed by atoms with van der Waals surface area (Å²) >= 11 is 0. The van der Waals surface area contributed by atoms with E-state index in [1.165, 1.54) is 16.7 Å². The lowest BCUT2D eigenvalue weighted by Crippen LogP contribution is -2.33. The highest BCUT2D eigenvalue weighted by Crippen LogP contribution is 2.31. The Morgan fingerprint density at radius 3 is 2.79 bits per heavy atom. The van der Waals surface area contributed by atoms with E-state index < -0.39 is 0 Å². The quantitative estimate of drug-likeness (QED) is 0.665. The maximum atomic E-state index is 11.1. The molecule has 74 valence electrons. The number of amides is 2.